The number of aliphatic hydroxyl groups excluding tert-OH is 1. The molecule has 100 valence electrons. The van der Waals surface area contributed by atoms with Gasteiger partial charge in [0, 0.05) is 25.9 Å². The lowest BCUT2D eigenvalue weighted by molar-refractivity contribution is 0.0907. The summed E-state index contributed by atoms with van der Waals surface area (Å²) >= 11 is 0. The number of nitrogens with one attached hydrogen (secondary N) is 1. The molecule has 0 amide bonds. The Balaban J connectivity index is 2.26. The second kappa shape index (κ2) is 7.88. The van der Waals surface area contributed by atoms with Gasteiger partial charge in [-0.2, -0.15) is 5.26 Å². The number of aliphatic hydroxyl groups is 1. The predicted molar refractivity (Wildman–Crippen MR) is 69.1 cm³/mol. The lowest BCUT2D eigenvalue weighted by Gasteiger charge is -2.05. The van der Waals surface area contributed by atoms with E-state index in [1.165, 1.54) is 0 Å². The number of ether oxygens (including phenoxy) is 1. The van der Waals surface area contributed by atoms with Gasteiger partial charge in [0.2, 0.25) is 0 Å². The molecule has 0 spiro atoms. The number of rotatable bonds is 8. The van der Waals surface area contributed by atoms with Crippen LogP contribution in [0.4, 0.5) is 0 Å². The highest BCUT2D eigenvalue weighted by atomic mass is 16.5. The third-order valence-electron chi connectivity index (χ3n) is 2.95. The minimum Gasteiger partial charge on any atom is -0.394 e. The highest BCUT2D eigenvalue weighted by Gasteiger charge is 2.07. The second-order valence-electron chi connectivity index (χ2n) is 4.18. The molecule has 0 saturated carbocycles. The first-order valence-corrected chi connectivity index (χ1v) is 6.15. The van der Waals surface area contributed by atoms with Crippen molar-refractivity contribution in [1.82, 2.24) is 9.88 Å². The van der Waals surface area contributed by atoms with E-state index in [-0.39, 0.29) is 6.61 Å². The van der Waals surface area contributed by atoms with Gasteiger partial charge in [-0.1, -0.05) is 0 Å². The molecule has 5 heteroatoms. The van der Waals surface area contributed by atoms with E-state index in [2.05, 4.69) is 11.4 Å². The summed E-state index contributed by atoms with van der Waals surface area (Å²) in [5.74, 6) is 0. The second-order valence-corrected chi connectivity index (χ2v) is 4.18. The number of hydrogen-bond acceptors (Lipinski definition) is 4. The summed E-state index contributed by atoms with van der Waals surface area (Å²) in [6.07, 6.45) is 0.914. The normalized spacial score (nSPS) is 10.6. The van der Waals surface area contributed by atoms with Crippen LogP contribution in [-0.2, 0) is 18.3 Å². The first kappa shape index (κ1) is 14.7. The third kappa shape index (κ3) is 4.15. The van der Waals surface area contributed by atoms with Gasteiger partial charge < -0.3 is 19.7 Å². The van der Waals surface area contributed by atoms with Crippen molar-refractivity contribution < 1.29 is 9.84 Å². The number of aromatic nitrogens is 1. The van der Waals surface area contributed by atoms with Crippen molar-refractivity contribution in [3.63, 3.8) is 0 Å². The van der Waals surface area contributed by atoms with E-state index >= 15 is 0 Å². The minimum absolute atomic E-state index is 0.0770. The highest BCUT2D eigenvalue weighted by molar-refractivity contribution is 5.33. The van der Waals surface area contributed by atoms with Gasteiger partial charge in [0.1, 0.15) is 11.8 Å². The zero-order chi connectivity index (χ0) is 13.4. The molecule has 2 N–H and O–H groups in total. The van der Waals surface area contributed by atoms with Crippen molar-refractivity contribution in [2.75, 3.05) is 26.4 Å². The fourth-order valence-electron chi connectivity index (χ4n) is 1.74. The molecule has 0 radical (unpaired) electrons. The molecule has 0 bridgehead atoms. The molecule has 1 aromatic heterocycles. The average Bonchev–Trinajstić information content (AvgIpc) is 2.65. The van der Waals surface area contributed by atoms with Crippen molar-refractivity contribution in [2.45, 2.75) is 19.9 Å². The molecule has 0 aliphatic heterocycles. The fraction of sp³-hybridized carbons (Fsp3) is 0.615. The SMILES string of the molecule is Cc1c(CNCCCOCCO)cc(C#N)n1C. The zero-order valence-electron chi connectivity index (χ0n) is 11.1. The largest absolute Gasteiger partial charge is 0.394 e. The van der Waals surface area contributed by atoms with Crippen LogP contribution in [0.25, 0.3) is 0 Å². The van der Waals surface area contributed by atoms with E-state index < -0.39 is 0 Å². The van der Waals surface area contributed by atoms with Crippen LogP contribution in [-0.4, -0.2) is 36.0 Å². The number of nitriles is 1. The van der Waals surface area contributed by atoms with Crippen molar-refractivity contribution in [3.05, 3.63) is 23.0 Å². The topological polar surface area (TPSA) is 70.2 Å². The molecule has 5 nitrogen and oxygen atoms in total. The van der Waals surface area contributed by atoms with Gasteiger partial charge in [0.15, 0.2) is 0 Å². The van der Waals surface area contributed by atoms with E-state index in [1.807, 2.05) is 24.6 Å². The molecule has 1 rings (SSSR count). The quantitative estimate of drug-likeness (QED) is 0.667. The van der Waals surface area contributed by atoms with Crippen LogP contribution < -0.4 is 5.32 Å². The summed E-state index contributed by atoms with van der Waals surface area (Å²) in [6, 6.07) is 4.09. The van der Waals surface area contributed by atoms with Gasteiger partial charge in [-0.3, -0.25) is 0 Å². The Labute approximate surface area is 108 Å². The summed E-state index contributed by atoms with van der Waals surface area (Å²) in [5.41, 5.74) is 2.97. The molecule has 0 aliphatic carbocycles. The molecule has 18 heavy (non-hydrogen) atoms. The first-order chi connectivity index (χ1) is 8.70. The monoisotopic (exact) mass is 251 g/mol. The van der Waals surface area contributed by atoms with Crippen LogP contribution in [0.2, 0.25) is 0 Å². The summed E-state index contributed by atoms with van der Waals surface area (Å²) in [6.45, 7) is 4.78. The average molecular weight is 251 g/mol. The van der Waals surface area contributed by atoms with Crippen molar-refractivity contribution >= 4 is 0 Å². The molecule has 0 saturated heterocycles. The van der Waals surface area contributed by atoms with Crippen LogP contribution in [0.15, 0.2) is 6.07 Å². The Kier molecular flexibility index (Phi) is 6.44. The Morgan fingerprint density at radius 1 is 1.50 bits per heavy atom. The predicted octanol–water partition coefficient (Wildman–Crippen LogP) is 0.694. The van der Waals surface area contributed by atoms with E-state index in [0.717, 1.165) is 30.8 Å². The Morgan fingerprint density at radius 3 is 2.89 bits per heavy atom. The van der Waals surface area contributed by atoms with Crippen LogP contribution in [0.1, 0.15) is 23.4 Å². The lowest BCUT2D eigenvalue weighted by atomic mass is 10.2. The molecule has 0 atom stereocenters. The Morgan fingerprint density at radius 2 is 2.28 bits per heavy atom. The summed E-state index contributed by atoms with van der Waals surface area (Å²) in [7, 11) is 1.90. The lowest BCUT2D eigenvalue weighted by Crippen LogP contribution is -2.17. The van der Waals surface area contributed by atoms with Gasteiger partial charge >= 0.3 is 0 Å². The molecular formula is C13H21N3O2. The van der Waals surface area contributed by atoms with Crippen LogP contribution in [0.3, 0.4) is 0 Å². The minimum atomic E-state index is 0.0770. The van der Waals surface area contributed by atoms with Crippen molar-refractivity contribution in [2.24, 2.45) is 7.05 Å². The maximum absolute atomic E-state index is 8.92. The number of nitrogens with zero attached hydrogens (tertiary/aromatic N) is 2. The third-order valence-corrected chi connectivity index (χ3v) is 2.95. The summed E-state index contributed by atoms with van der Waals surface area (Å²) in [4.78, 5) is 0. The first-order valence-electron chi connectivity index (χ1n) is 6.15. The van der Waals surface area contributed by atoms with Gasteiger partial charge in [-0.25, -0.2) is 0 Å². The highest BCUT2D eigenvalue weighted by Crippen LogP contribution is 2.12. The van der Waals surface area contributed by atoms with E-state index in [1.54, 1.807) is 0 Å². The Hall–Kier alpha value is -1.35. The Bertz CT molecular complexity index is 407. The maximum atomic E-state index is 8.92. The number of hydrogen-bond donors (Lipinski definition) is 2. The van der Waals surface area contributed by atoms with Crippen LogP contribution in [0.5, 0.6) is 0 Å². The standard InChI is InChI=1S/C13H21N3O2/c1-11-12(8-13(9-14)16(11)2)10-15-4-3-6-18-7-5-17/h8,15,17H,3-7,10H2,1-2H3. The fourth-order valence-corrected chi connectivity index (χ4v) is 1.74. The molecule has 0 aliphatic rings. The molecular weight excluding hydrogens is 230 g/mol. The summed E-state index contributed by atoms with van der Waals surface area (Å²) in [5, 5.41) is 20.8. The van der Waals surface area contributed by atoms with Crippen LogP contribution >= 0.6 is 0 Å². The van der Waals surface area contributed by atoms with E-state index in [9.17, 15) is 0 Å². The summed E-state index contributed by atoms with van der Waals surface area (Å²) < 4.78 is 7.07. The smallest absolute Gasteiger partial charge is 0.120 e. The molecule has 1 heterocycles. The van der Waals surface area contributed by atoms with Gasteiger partial charge in [-0.05, 0) is 31.5 Å². The van der Waals surface area contributed by atoms with Gasteiger partial charge in [0.25, 0.3) is 0 Å². The van der Waals surface area contributed by atoms with Gasteiger partial charge in [0.05, 0.1) is 13.2 Å². The van der Waals surface area contributed by atoms with E-state index in [4.69, 9.17) is 15.1 Å². The molecule has 0 aromatic carbocycles. The molecule has 0 fully saturated rings. The van der Waals surface area contributed by atoms with E-state index in [0.29, 0.717) is 18.9 Å². The molecule has 1 aromatic rings. The molecule has 0 unspecified atom stereocenters. The van der Waals surface area contributed by atoms with Crippen molar-refractivity contribution in [1.29, 1.82) is 5.26 Å². The zero-order valence-corrected chi connectivity index (χ0v) is 11.1. The van der Waals surface area contributed by atoms with Crippen molar-refractivity contribution in [3.8, 4) is 6.07 Å². The van der Waals surface area contributed by atoms with Crippen LogP contribution in [0, 0.1) is 18.3 Å². The maximum Gasteiger partial charge on any atom is 0.120 e. The van der Waals surface area contributed by atoms with Gasteiger partial charge in [-0.15, -0.1) is 0 Å².